The van der Waals surface area contributed by atoms with Gasteiger partial charge in [-0.1, -0.05) is 38.1 Å². The van der Waals surface area contributed by atoms with Crippen LogP contribution in [0.3, 0.4) is 0 Å². The van der Waals surface area contributed by atoms with Crippen LogP contribution in [0.25, 0.3) is 5.57 Å². The van der Waals surface area contributed by atoms with Crippen molar-refractivity contribution in [3.05, 3.63) is 36.4 Å². The SMILES string of the molecule is C=C(C)c1cccc(NC(=O)OCC(C)C)c1. The summed E-state index contributed by atoms with van der Waals surface area (Å²) in [6, 6.07) is 7.52. The Bertz CT molecular complexity index is 410. The molecule has 0 aliphatic rings. The van der Waals surface area contributed by atoms with Crippen molar-refractivity contribution < 1.29 is 9.53 Å². The smallest absolute Gasteiger partial charge is 0.411 e. The summed E-state index contributed by atoms with van der Waals surface area (Å²) in [6.07, 6.45) is -0.419. The van der Waals surface area contributed by atoms with E-state index in [0.29, 0.717) is 12.5 Å². The maximum atomic E-state index is 11.4. The molecule has 1 amide bonds. The summed E-state index contributed by atoms with van der Waals surface area (Å²) >= 11 is 0. The van der Waals surface area contributed by atoms with Crippen LogP contribution in [0.5, 0.6) is 0 Å². The highest BCUT2D eigenvalue weighted by molar-refractivity contribution is 5.85. The van der Waals surface area contributed by atoms with Crippen molar-refractivity contribution in [3.8, 4) is 0 Å². The Balaban J connectivity index is 2.59. The predicted octanol–water partition coefficient (Wildman–Crippen LogP) is 3.92. The fourth-order valence-corrected chi connectivity index (χ4v) is 1.26. The first kappa shape index (κ1) is 13.3. The van der Waals surface area contributed by atoms with Crippen molar-refractivity contribution in [1.29, 1.82) is 0 Å². The molecular formula is C14H19NO2. The van der Waals surface area contributed by atoms with Gasteiger partial charge in [0.25, 0.3) is 0 Å². The average Bonchev–Trinajstić information content (AvgIpc) is 2.26. The topological polar surface area (TPSA) is 38.3 Å². The third kappa shape index (κ3) is 4.72. The normalized spacial score (nSPS) is 10.1. The van der Waals surface area contributed by atoms with Crippen molar-refractivity contribution in [2.45, 2.75) is 20.8 Å². The first-order chi connectivity index (χ1) is 7.99. The lowest BCUT2D eigenvalue weighted by Gasteiger charge is -2.09. The Kier molecular flexibility index (Phi) is 4.76. The van der Waals surface area contributed by atoms with Crippen LogP contribution >= 0.6 is 0 Å². The van der Waals surface area contributed by atoms with Gasteiger partial charge in [-0.3, -0.25) is 5.32 Å². The van der Waals surface area contributed by atoms with Gasteiger partial charge in [-0.15, -0.1) is 0 Å². The van der Waals surface area contributed by atoms with Gasteiger partial charge in [0.15, 0.2) is 0 Å². The zero-order chi connectivity index (χ0) is 12.8. The zero-order valence-electron chi connectivity index (χ0n) is 10.6. The Hall–Kier alpha value is -1.77. The predicted molar refractivity (Wildman–Crippen MR) is 71.0 cm³/mol. The summed E-state index contributed by atoms with van der Waals surface area (Å²) in [6.45, 7) is 10.2. The molecule has 1 aromatic carbocycles. The molecular weight excluding hydrogens is 214 g/mol. The standard InChI is InChI=1S/C14H19NO2/c1-10(2)9-17-14(16)15-13-7-5-6-12(8-13)11(3)4/h5-8,10H,3,9H2,1-2,4H3,(H,15,16). The van der Waals surface area contributed by atoms with Gasteiger partial charge in [-0.25, -0.2) is 4.79 Å². The van der Waals surface area contributed by atoms with E-state index in [1.54, 1.807) is 0 Å². The van der Waals surface area contributed by atoms with Gasteiger partial charge in [0, 0.05) is 5.69 Å². The molecule has 0 radical (unpaired) electrons. The molecule has 0 bridgehead atoms. The quantitative estimate of drug-likeness (QED) is 0.855. The number of benzene rings is 1. The van der Waals surface area contributed by atoms with E-state index in [0.717, 1.165) is 16.8 Å². The fraction of sp³-hybridized carbons (Fsp3) is 0.357. The Morgan fingerprint density at radius 3 is 2.76 bits per heavy atom. The van der Waals surface area contributed by atoms with Crippen LogP contribution < -0.4 is 5.32 Å². The van der Waals surface area contributed by atoms with Crippen LogP contribution in [0.1, 0.15) is 26.3 Å². The van der Waals surface area contributed by atoms with E-state index in [9.17, 15) is 4.79 Å². The van der Waals surface area contributed by atoms with Crippen LogP contribution in [-0.2, 0) is 4.74 Å². The molecule has 0 saturated carbocycles. The van der Waals surface area contributed by atoms with Gasteiger partial charge < -0.3 is 4.74 Å². The second-order valence-corrected chi connectivity index (χ2v) is 4.48. The number of anilines is 1. The van der Waals surface area contributed by atoms with Gasteiger partial charge in [0.05, 0.1) is 6.61 Å². The molecule has 1 aromatic rings. The molecule has 0 aliphatic heterocycles. The highest BCUT2D eigenvalue weighted by atomic mass is 16.5. The van der Waals surface area contributed by atoms with Crippen molar-refractivity contribution >= 4 is 17.4 Å². The molecule has 1 N–H and O–H groups in total. The number of hydrogen-bond acceptors (Lipinski definition) is 2. The summed E-state index contributed by atoms with van der Waals surface area (Å²) in [5.41, 5.74) is 2.69. The number of allylic oxidation sites excluding steroid dienone is 1. The second kappa shape index (κ2) is 6.09. The minimum atomic E-state index is -0.419. The molecule has 0 unspecified atom stereocenters. The Morgan fingerprint density at radius 1 is 1.47 bits per heavy atom. The van der Waals surface area contributed by atoms with Gasteiger partial charge in [-0.05, 0) is 30.5 Å². The second-order valence-electron chi connectivity index (χ2n) is 4.48. The summed E-state index contributed by atoms with van der Waals surface area (Å²) in [7, 11) is 0. The van der Waals surface area contributed by atoms with Crippen molar-refractivity contribution in [2.75, 3.05) is 11.9 Å². The minimum Gasteiger partial charge on any atom is -0.449 e. The van der Waals surface area contributed by atoms with Crippen molar-refractivity contribution in [3.63, 3.8) is 0 Å². The van der Waals surface area contributed by atoms with Gasteiger partial charge in [-0.2, -0.15) is 0 Å². The maximum Gasteiger partial charge on any atom is 0.411 e. The molecule has 3 heteroatoms. The molecule has 3 nitrogen and oxygen atoms in total. The number of rotatable bonds is 4. The van der Waals surface area contributed by atoms with E-state index in [2.05, 4.69) is 11.9 Å². The van der Waals surface area contributed by atoms with Gasteiger partial charge >= 0.3 is 6.09 Å². The lowest BCUT2D eigenvalue weighted by atomic mass is 10.1. The molecule has 0 saturated heterocycles. The minimum absolute atomic E-state index is 0.336. The number of carbonyl (C=O) groups is 1. The fourth-order valence-electron chi connectivity index (χ4n) is 1.26. The number of ether oxygens (including phenoxy) is 1. The molecule has 0 fully saturated rings. The van der Waals surface area contributed by atoms with E-state index in [4.69, 9.17) is 4.74 Å². The lowest BCUT2D eigenvalue weighted by Crippen LogP contribution is -2.16. The third-order valence-electron chi connectivity index (χ3n) is 2.15. The third-order valence-corrected chi connectivity index (χ3v) is 2.15. The highest BCUT2D eigenvalue weighted by Crippen LogP contribution is 2.16. The first-order valence-electron chi connectivity index (χ1n) is 5.68. The molecule has 0 aromatic heterocycles. The van der Waals surface area contributed by atoms with Crippen molar-refractivity contribution in [1.82, 2.24) is 0 Å². The summed E-state index contributed by atoms with van der Waals surface area (Å²) in [5, 5.41) is 2.69. The molecule has 0 aliphatic carbocycles. The van der Waals surface area contributed by atoms with E-state index in [1.807, 2.05) is 45.0 Å². The molecule has 92 valence electrons. The summed E-state index contributed by atoms with van der Waals surface area (Å²) < 4.78 is 5.04. The van der Waals surface area contributed by atoms with Crippen molar-refractivity contribution in [2.24, 2.45) is 5.92 Å². The van der Waals surface area contributed by atoms with E-state index in [1.165, 1.54) is 0 Å². The molecule has 0 atom stereocenters. The number of nitrogens with one attached hydrogen (secondary N) is 1. The Labute approximate surface area is 102 Å². The average molecular weight is 233 g/mol. The van der Waals surface area contributed by atoms with Crippen LogP contribution in [0, 0.1) is 5.92 Å². The van der Waals surface area contributed by atoms with E-state index >= 15 is 0 Å². The number of hydrogen-bond donors (Lipinski definition) is 1. The lowest BCUT2D eigenvalue weighted by molar-refractivity contribution is 0.147. The summed E-state index contributed by atoms with van der Waals surface area (Å²) in [5.74, 6) is 0.336. The zero-order valence-corrected chi connectivity index (χ0v) is 10.6. The van der Waals surface area contributed by atoms with Crippen LogP contribution in [0.2, 0.25) is 0 Å². The largest absolute Gasteiger partial charge is 0.449 e. The van der Waals surface area contributed by atoms with Crippen LogP contribution in [0.15, 0.2) is 30.8 Å². The molecule has 0 spiro atoms. The maximum absolute atomic E-state index is 11.4. The monoisotopic (exact) mass is 233 g/mol. The van der Waals surface area contributed by atoms with E-state index in [-0.39, 0.29) is 0 Å². The van der Waals surface area contributed by atoms with Gasteiger partial charge in [0.2, 0.25) is 0 Å². The molecule has 17 heavy (non-hydrogen) atoms. The first-order valence-corrected chi connectivity index (χ1v) is 5.68. The van der Waals surface area contributed by atoms with E-state index < -0.39 is 6.09 Å². The van der Waals surface area contributed by atoms with Crippen LogP contribution in [0.4, 0.5) is 10.5 Å². The molecule has 1 rings (SSSR count). The molecule has 0 heterocycles. The highest BCUT2D eigenvalue weighted by Gasteiger charge is 2.05. The summed E-state index contributed by atoms with van der Waals surface area (Å²) in [4.78, 5) is 11.4. The van der Waals surface area contributed by atoms with Crippen LogP contribution in [-0.4, -0.2) is 12.7 Å². The number of amides is 1. The Morgan fingerprint density at radius 2 is 2.18 bits per heavy atom. The van der Waals surface area contributed by atoms with Gasteiger partial charge in [0.1, 0.15) is 0 Å². The number of carbonyl (C=O) groups excluding carboxylic acids is 1.